The fourth-order valence-corrected chi connectivity index (χ4v) is 3.38. The Labute approximate surface area is 139 Å². The third-order valence-corrected chi connectivity index (χ3v) is 4.99. The first kappa shape index (κ1) is 16.3. The standard InChI is InChI=1S/C16H15N3O4S/c20-15-13-5-1-2-6-14(13)16(21)19(15)8-9-24(22,23)18-11-12-4-3-7-17-10-12/h1-7,10,18H,8-9,11H2. The summed E-state index contributed by atoms with van der Waals surface area (Å²) in [5.74, 6) is -1.27. The molecule has 7 nitrogen and oxygen atoms in total. The van der Waals surface area contributed by atoms with Gasteiger partial charge in [-0.3, -0.25) is 19.5 Å². The molecule has 0 saturated carbocycles. The molecule has 2 amide bonds. The molecule has 1 aromatic carbocycles. The van der Waals surface area contributed by atoms with E-state index in [1.165, 1.54) is 0 Å². The summed E-state index contributed by atoms with van der Waals surface area (Å²) in [5, 5.41) is 0. The van der Waals surface area contributed by atoms with E-state index in [2.05, 4.69) is 9.71 Å². The highest BCUT2D eigenvalue weighted by molar-refractivity contribution is 7.89. The summed E-state index contributed by atoms with van der Waals surface area (Å²) in [6.45, 7) is -0.0764. The number of carbonyl (C=O) groups excluding carboxylic acids is 2. The number of amides is 2. The van der Waals surface area contributed by atoms with Crippen LogP contribution in [0.2, 0.25) is 0 Å². The number of aromatic nitrogens is 1. The van der Waals surface area contributed by atoms with Gasteiger partial charge in [-0.05, 0) is 23.8 Å². The van der Waals surface area contributed by atoms with Crippen molar-refractivity contribution in [3.63, 3.8) is 0 Å². The van der Waals surface area contributed by atoms with Crippen molar-refractivity contribution in [2.75, 3.05) is 12.3 Å². The molecule has 3 rings (SSSR count). The third-order valence-electron chi connectivity index (χ3n) is 3.68. The average Bonchev–Trinajstić information content (AvgIpc) is 2.84. The van der Waals surface area contributed by atoms with Crippen molar-refractivity contribution in [3.8, 4) is 0 Å². The monoisotopic (exact) mass is 345 g/mol. The van der Waals surface area contributed by atoms with Gasteiger partial charge in [-0.2, -0.15) is 0 Å². The second-order valence-corrected chi connectivity index (χ2v) is 7.24. The van der Waals surface area contributed by atoms with Gasteiger partial charge in [-0.1, -0.05) is 18.2 Å². The smallest absolute Gasteiger partial charge is 0.261 e. The molecule has 0 atom stereocenters. The molecule has 124 valence electrons. The lowest BCUT2D eigenvalue weighted by molar-refractivity contribution is 0.0664. The fourth-order valence-electron chi connectivity index (χ4n) is 2.42. The number of imide groups is 1. The second kappa shape index (κ2) is 6.50. The minimum Gasteiger partial charge on any atom is -0.273 e. The zero-order valence-corrected chi connectivity index (χ0v) is 13.5. The number of benzene rings is 1. The lowest BCUT2D eigenvalue weighted by Gasteiger charge is -2.14. The summed E-state index contributed by atoms with van der Waals surface area (Å²) in [6, 6.07) is 9.91. The SMILES string of the molecule is O=C1c2ccccc2C(=O)N1CCS(=O)(=O)NCc1cccnc1. The fraction of sp³-hybridized carbons (Fsp3) is 0.188. The van der Waals surface area contributed by atoms with Crippen molar-refractivity contribution in [1.82, 2.24) is 14.6 Å². The van der Waals surface area contributed by atoms with Gasteiger partial charge < -0.3 is 0 Å². The molecule has 0 fully saturated rings. The normalized spacial score (nSPS) is 14.1. The average molecular weight is 345 g/mol. The summed E-state index contributed by atoms with van der Waals surface area (Å²) in [4.78, 5) is 29.2. The Morgan fingerprint density at radius 2 is 1.67 bits per heavy atom. The number of fused-ring (bicyclic) bond motifs is 1. The Morgan fingerprint density at radius 3 is 2.25 bits per heavy atom. The number of rotatable bonds is 6. The third kappa shape index (κ3) is 3.34. The Morgan fingerprint density at radius 1 is 1.00 bits per heavy atom. The molecule has 0 spiro atoms. The molecule has 1 aliphatic heterocycles. The topological polar surface area (TPSA) is 96.4 Å². The van der Waals surface area contributed by atoms with Crippen LogP contribution in [0, 0.1) is 0 Å². The molecule has 0 radical (unpaired) electrons. The van der Waals surface area contributed by atoms with Gasteiger partial charge >= 0.3 is 0 Å². The van der Waals surface area contributed by atoms with Crippen LogP contribution in [-0.4, -0.2) is 42.4 Å². The number of pyridine rings is 1. The highest BCUT2D eigenvalue weighted by Crippen LogP contribution is 2.22. The molecular formula is C16H15N3O4S. The minimum absolute atomic E-state index is 0.109. The van der Waals surface area contributed by atoms with Crippen LogP contribution in [-0.2, 0) is 16.6 Å². The van der Waals surface area contributed by atoms with Crippen molar-refractivity contribution in [1.29, 1.82) is 0 Å². The van der Waals surface area contributed by atoms with E-state index >= 15 is 0 Å². The molecular weight excluding hydrogens is 330 g/mol. The summed E-state index contributed by atoms with van der Waals surface area (Å²) in [5.41, 5.74) is 1.34. The second-order valence-electron chi connectivity index (χ2n) is 5.31. The Bertz CT molecular complexity index is 846. The minimum atomic E-state index is -3.63. The van der Waals surface area contributed by atoms with E-state index in [9.17, 15) is 18.0 Å². The highest BCUT2D eigenvalue weighted by Gasteiger charge is 2.35. The number of carbonyl (C=O) groups is 2. The number of hydrogen-bond donors (Lipinski definition) is 1. The highest BCUT2D eigenvalue weighted by atomic mass is 32.2. The number of hydrogen-bond acceptors (Lipinski definition) is 5. The van der Waals surface area contributed by atoms with Crippen molar-refractivity contribution >= 4 is 21.8 Å². The molecule has 1 aromatic heterocycles. The largest absolute Gasteiger partial charge is 0.273 e. The van der Waals surface area contributed by atoms with E-state index in [0.29, 0.717) is 11.1 Å². The van der Waals surface area contributed by atoms with E-state index in [-0.39, 0.29) is 18.8 Å². The predicted molar refractivity (Wildman–Crippen MR) is 86.7 cm³/mol. The van der Waals surface area contributed by atoms with E-state index < -0.39 is 21.8 Å². The summed E-state index contributed by atoms with van der Waals surface area (Å²) < 4.78 is 26.6. The molecule has 0 unspecified atom stereocenters. The van der Waals surface area contributed by atoms with Crippen LogP contribution in [0.25, 0.3) is 0 Å². The van der Waals surface area contributed by atoms with Crippen LogP contribution in [0.4, 0.5) is 0 Å². The molecule has 2 aromatic rings. The lowest BCUT2D eigenvalue weighted by Crippen LogP contribution is -2.37. The Kier molecular flexibility index (Phi) is 4.41. The zero-order chi connectivity index (χ0) is 17.2. The maximum Gasteiger partial charge on any atom is 0.261 e. The van der Waals surface area contributed by atoms with Gasteiger partial charge in [0.25, 0.3) is 11.8 Å². The van der Waals surface area contributed by atoms with Gasteiger partial charge in [0.1, 0.15) is 0 Å². The van der Waals surface area contributed by atoms with Crippen molar-refractivity contribution in [3.05, 3.63) is 65.5 Å². The maximum absolute atomic E-state index is 12.2. The van der Waals surface area contributed by atoms with E-state index in [1.54, 1.807) is 48.8 Å². The summed E-state index contributed by atoms with van der Waals surface area (Å²) in [6.07, 6.45) is 3.16. The van der Waals surface area contributed by atoms with Crippen LogP contribution in [0.5, 0.6) is 0 Å². The first-order valence-corrected chi connectivity index (χ1v) is 8.94. The van der Waals surface area contributed by atoms with E-state index in [0.717, 1.165) is 10.5 Å². The molecule has 0 aliphatic carbocycles. The molecule has 1 N–H and O–H groups in total. The quantitative estimate of drug-likeness (QED) is 0.781. The first-order valence-electron chi connectivity index (χ1n) is 7.29. The predicted octanol–water partition coefficient (Wildman–Crippen LogP) is 0.797. The zero-order valence-electron chi connectivity index (χ0n) is 12.7. The van der Waals surface area contributed by atoms with Crippen LogP contribution in [0.15, 0.2) is 48.8 Å². The van der Waals surface area contributed by atoms with E-state index in [4.69, 9.17) is 0 Å². The number of nitrogens with one attached hydrogen (secondary N) is 1. The van der Waals surface area contributed by atoms with Gasteiger partial charge in [-0.15, -0.1) is 0 Å². The molecule has 8 heteroatoms. The van der Waals surface area contributed by atoms with Crippen LogP contribution < -0.4 is 4.72 Å². The van der Waals surface area contributed by atoms with E-state index in [1.807, 2.05) is 0 Å². The Balaban J connectivity index is 1.61. The first-order chi connectivity index (χ1) is 11.5. The van der Waals surface area contributed by atoms with Gasteiger partial charge in [0.05, 0.1) is 16.9 Å². The molecule has 1 aliphatic rings. The van der Waals surface area contributed by atoms with Gasteiger partial charge in [0, 0.05) is 25.5 Å². The Hall–Kier alpha value is -2.58. The number of nitrogens with zero attached hydrogens (tertiary/aromatic N) is 2. The van der Waals surface area contributed by atoms with Crippen LogP contribution >= 0.6 is 0 Å². The molecule has 0 saturated heterocycles. The molecule has 0 bridgehead atoms. The van der Waals surface area contributed by atoms with Gasteiger partial charge in [-0.25, -0.2) is 13.1 Å². The molecule has 2 heterocycles. The van der Waals surface area contributed by atoms with Crippen molar-refractivity contribution in [2.45, 2.75) is 6.54 Å². The maximum atomic E-state index is 12.2. The van der Waals surface area contributed by atoms with Crippen molar-refractivity contribution < 1.29 is 18.0 Å². The van der Waals surface area contributed by atoms with Gasteiger partial charge in [0.15, 0.2) is 0 Å². The van der Waals surface area contributed by atoms with Gasteiger partial charge in [0.2, 0.25) is 10.0 Å². The van der Waals surface area contributed by atoms with Crippen LogP contribution in [0.1, 0.15) is 26.3 Å². The summed E-state index contributed by atoms with van der Waals surface area (Å²) >= 11 is 0. The lowest BCUT2D eigenvalue weighted by atomic mass is 10.1. The van der Waals surface area contributed by atoms with Crippen molar-refractivity contribution in [2.24, 2.45) is 0 Å². The molecule has 24 heavy (non-hydrogen) atoms. The number of sulfonamides is 1. The van der Waals surface area contributed by atoms with Crippen LogP contribution in [0.3, 0.4) is 0 Å². The summed E-state index contributed by atoms with van der Waals surface area (Å²) in [7, 11) is -3.63.